The van der Waals surface area contributed by atoms with Gasteiger partial charge < -0.3 is 4.98 Å². The first-order valence-electron chi connectivity index (χ1n) is 3.39. The van der Waals surface area contributed by atoms with E-state index in [1.807, 2.05) is 6.92 Å². The molecule has 0 saturated heterocycles. The van der Waals surface area contributed by atoms with E-state index in [9.17, 15) is 0 Å². The molecule has 1 rings (SSSR count). The SMILES string of the molecule is C=Cc1nc(=S)[nH]c(C)c1N=C. The number of aliphatic imine (C=N–C) groups is 1. The fourth-order valence-electron chi connectivity index (χ4n) is 0.944. The number of nitrogens with one attached hydrogen (secondary N) is 1. The molecular weight excluding hydrogens is 170 g/mol. The third-order valence-corrected chi connectivity index (χ3v) is 1.66. The average molecular weight is 179 g/mol. The molecule has 0 spiro atoms. The van der Waals surface area contributed by atoms with Gasteiger partial charge in [-0.1, -0.05) is 6.58 Å². The smallest absolute Gasteiger partial charge is 0.197 e. The Labute approximate surface area is 75.9 Å². The molecule has 0 aliphatic heterocycles. The van der Waals surface area contributed by atoms with Crippen LogP contribution in [0.15, 0.2) is 11.6 Å². The average Bonchev–Trinajstić information content (AvgIpc) is 2.03. The fourth-order valence-corrected chi connectivity index (χ4v) is 1.20. The van der Waals surface area contributed by atoms with Crippen LogP contribution in [0.5, 0.6) is 0 Å². The summed E-state index contributed by atoms with van der Waals surface area (Å²) in [5, 5.41) is 0. The molecule has 0 aliphatic carbocycles. The van der Waals surface area contributed by atoms with E-state index in [0.29, 0.717) is 16.2 Å². The Morgan fingerprint density at radius 2 is 2.33 bits per heavy atom. The second-order valence-electron chi connectivity index (χ2n) is 2.26. The predicted molar refractivity (Wildman–Crippen MR) is 53.5 cm³/mol. The topological polar surface area (TPSA) is 41.0 Å². The maximum atomic E-state index is 4.88. The van der Waals surface area contributed by atoms with E-state index in [2.05, 4.69) is 28.3 Å². The monoisotopic (exact) mass is 179 g/mol. The van der Waals surface area contributed by atoms with Gasteiger partial charge in [0, 0.05) is 5.69 Å². The second-order valence-corrected chi connectivity index (χ2v) is 2.65. The molecule has 0 radical (unpaired) electrons. The van der Waals surface area contributed by atoms with Crippen molar-refractivity contribution in [2.45, 2.75) is 6.92 Å². The van der Waals surface area contributed by atoms with Crippen LogP contribution < -0.4 is 0 Å². The number of nitrogens with zero attached hydrogens (tertiary/aromatic N) is 2. The van der Waals surface area contributed by atoms with Crippen molar-refractivity contribution in [2.24, 2.45) is 4.99 Å². The molecule has 0 unspecified atom stereocenters. The highest BCUT2D eigenvalue weighted by Gasteiger charge is 2.01. The van der Waals surface area contributed by atoms with Crippen molar-refractivity contribution >= 4 is 30.7 Å². The standard InChI is InChI=1S/C8H9N3S/c1-4-6-7(9-3)5(2)10-8(12)11-6/h4H,1,3H2,2H3,(H,10,11,12). The zero-order valence-corrected chi connectivity index (χ0v) is 7.61. The molecule has 0 fully saturated rings. The van der Waals surface area contributed by atoms with Crippen molar-refractivity contribution in [1.82, 2.24) is 9.97 Å². The lowest BCUT2D eigenvalue weighted by molar-refractivity contribution is 1.06. The third kappa shape index (κ3) is 1.48. The first kappa shape index (κ1) is 8.80. The predicted octanol–water partition coefficient (Wildman–Crippen LogP) is 2.42. The molecule has 0 aliphatic rings. The molecular formula is C8H9N3S. The summed E-state index contributed by atoms with van der Waals surface area (Å²) < 4.78 is 0.440. The van der Waals surface area contributed by atoms with Crippen molar-refractivity contribution in [1.29, 1.82) is 0 Å². The number of aromatic nitrogens is 2. The number of hydrogen-bond donors (Lipinski definition) is 1. The van der Waals surface area contributed by atoms with E-state index in [-0.39, 0.29) is 0 Å². The Hall–Kier alpha value is -1.29. The maximum Gasteiger partial charge on any atom is 0.197 e. The molecule has 0 bridgehead atoms. The highest BCUT2D eigenvalue weighted by atomic mass is 32.1. The van der Waals surface area contributed by atoms with Crippen molar-refractivity contribution in [2.75, 3.05) is 0 Å². The Balaban J connectivity index is 3.53. The van der Waals surface area contributed by atoms with Gasteiger partial charge in [0.15, 0.2) is 4.77 Å². The number of rotatable bonds is 2. The van der Waals surface area contributed by atoms with E-state index < -0.39 is 0 Å². The lowest BCUT2D eigenvalue weighted by atomic mass is 10.3. The molecule has 0 amide bonds. The minimum atomic E-state index is 0.440. The Bertz CT molecular complexity index is 378. The summed E-state index contributed by atoms with van der Waals surface area (Å²) in [5.74, 6) is 0. The Kier molecular flexibility index (Phi) is 2.50. The van der Waals surface area contributed by atoms with Gasteiger partial charge in [-0.3, -0.25) is 4.99 Å². The molecule has 62 valence electrons. The minimum absolute atomic E-state index is 0.440. The van der Waals surface area contributed by atoms with Gasteiger partial charge in [0.25, 0.3) is 0 Å². The molecule has 0 atom stereocenters. The maximum absolute atomic E-state index is 4.88. The highest BCUT2D eigenvalue weighted by molar-refractivity contribution is 7.71. The summed E-state index contributed by atoms with van der Waals surface area (Å²) in [6, 6.07) is 0. The summed E-state index contributed by atoms with van der Waals surface area (Å²) in [7, 11) is 0. The zero-order valence-electron chi connectivity index (χ0n) is 6.79. The van der Waals surface area contributed by atoms with Crippen LogP contribution in [-0.2, 0) is 0 Å². The van der Waals surface area contributed by atoms with Gasteiger partial charge in [-0.25, -0.2) is 4.98 Å². The molecule has 1 N–H and O–H groups in total. The van der Waals surface area contributed by atoms with Crippen LogP contribution in [0.4, 0.5) is 5.69 Å². The van der Waals surface area contributed by atoms with E-state index in [1.54, 1.807) is 6.08 Å². The lowest BCUT2D eigenvalue weighted by Crippen LogP contribution is -1.91. The van der Waals surface area contributed by atoms with E-state index in [0.717, 1.165) is 5.69 Å². The number of aryl methyl sites for hydroxylation is 1. The first-order valence-corrected chi connectivity index (χ1v) is 3.80. The molecule has 0 saturated carbocycles. The van der Waals surface area contributed by atoms with Gasteiger partial charge in [0.05, 0.1) is 5.69 Å². The summed E-state index contributed by atoms with van der Waals surface area (Å²) in [6.45, 7) is 8.92. The molecule has 1 aromatic rings. The Morgan fingerprint density at radius 1 is 1.67 bits per heavy atom. The summed E-state index contributed by atoms with van der Waals surface area (Å²) in [4.78, 5) is 10.7. The number of H-pyrrole nitrogens is 1. The first-order chi connectivity index (χ1) is 5.69. The van der Waals surface area contributed by atoms with Crippen LogP contribution in [0.3, 0.4) is 0 Å². The largest absolute Gasteiger partial charge is 0.333 e. The molecule has 0 aromatic carbocycles. The summed E-state index contributed by atoms with van der Waals surface area (Å²) in [5.41, 5.74) is 2.24. The van der Waals surface area contributed by atoms with E-state index >= 15 is 0 Å². The Morgan fingerprint density at radius 3 is 2.83 bits per heavy atom. The van der Waals surface area contributed by atoms with Gasteiger partial charge in [0.2, 0.25) is 0 Å². The van der Waals surface area contributed by atoms with E-state index in [1.165, 1.54) is 0 Å². The number of aromatic amines is 1. The second kappa shape index (κ2) is 3.40. The molecule has 3 nitrogen and oxygen atoms in total. The van der Waals surface area contributed by atoms with Crippen LogP contribution in [0.2, 0.25) is 0 Å². The van der Waals surface area contributed by atoms with Gasteiger partial charge >= 0.3 is 0 Å². The van der Waals surface area contributed by atoms with Crippen molar-refractivity contribution in [3.8, 4) is 0 Å². The third-order valence-electron chi connectivity index (χ3n) is 1.47. The van der Waals surface area contributed by atoms with Crippen molar-refractivity contribution < 1.29 is 0 Å². The fraction of sp³-hybridized carbons (Fsp3) is 0.125. The summed E-state index contributed by atoms with van der Waals surface area (Å²) >= 11 is 4.88. The molecule has 1 aromatic heterocycles. The summed E-state index contributed by atoms with van der Waals surface area (Å²) in [6.07, 6.45) is 1.61. The quantitative estimate of drug-likeness (QED) is 0.559. The van der Waals surface area contributed by atoms with E-state index in [4.69, 9.17) is 12.2 Å². The minimum Gasteiger partial charge on any atom is -0.333 e. The lowest BCUT2D eigenvalue weighted by Gasteiger charge is -2.02. The van der Waals surface area contributed by atoms with Crippen LogP contribution >= 0.6 is 12.2 Å². The zero-order chi connectivity index (χ0) is 9.14. The molecule has 4 heteroatoms. The molecule has 12 heavy (non-hydrogen) atoms. The highest BCUT2D eigenvalue weighted by Crippen LogP contribution is 2.19. The molecule has 1 heterocycles. The van der Waals surface area contributed by atoms with Crippen LogP contribution in [0.1, 0.15) is 11.4 Å². The van der Waals surface area contributed by atoms with Crippen LogP contribution in [0, 0.1) is 11.7 Å². The number of hydrogen-bond acceptors (Lipinski definition) is 3. The van der Waals surface area contributed by atoms with Crippen molar-refractivity contribution in [3.05, 3.63) is 22.7 Å². The van der Waals surface area contributed by atoms with Crippen LogP contribution in [-0.4, -0.2) is 16.7 Å². The normalized spacial score (nSPS) is 9.42. The van der Waals surface area contributed by atoms with Crippen LogP contribution in [0.25, 0.3) is 6.08 Å². The van der Waals surface area contributed by atoms with Gasteiger partial charge in [-0.15, -0.1) is 0 Å². The van der Waals surface area contributed by atoms with Gasteiger partial charge in [0.1, 0.15) is 5.69 Å². The van der Waals surface area contributed by atoms with Crippen molar-refractivity contribution in [3.63, 3.8) is 0 Å². The van der Waals surface area contributed by atoms with Gasteiger partial charge in [-0.2, -0.15) is 0 Å². The van der Waals surface area contributed by atoms with Gasteiger partial charge in [-0.05, 0) is 31.9 Å².